The summed E-state index contributed by atoms with van der Waals surface area (Å²) in [6.45, 7) is 9.09. The number of fused-ring (bicyclic) bond motifs is 9. The van der Waals surface area contributed by atoms with E-state index in [1.54, 1.807) is 6.07 Å². The van der Waals surface area contributed by atoms with Gasteiger partial charge < -0.3 is 14.1 Å². The fourth-order valence-electron chi connectivity index (χ4n) is 9.12. The van der Waals surface area contributed by atoms with Crippen LogP contribution >= 0.6 is 0 Å². The van der Waals surface area contributed by atoms with Gasteiger partial charge in [-0.15, -0.1) is 0 Å². The van der Waals surface area contributed by atoms with Gasteiger partial charge >= 0.3 is 0 Å². The number of phenols is 1. The molecule has 0 aliphatic heterocycles. The molecule has 0 saturated heterocycles. The van der Waals surface area contributed by atoms with E-state index < -0.39 is 0 Å². The molecule has 4 heterocycles. The van der Waals surface area contributed by atoms with Crippen molar-refractivity contribution in [3.8, 4) is 39.8 Å². The van der Waals surface area contributed by atoms with Crippen LogP contribution in [-0.4, -0.2) is 24.2 Å². The average molecular weight is 753 g/mol. The van der Waals surface area contributed by atoms with Crippen molar-refractivity contribution in [2.75, 3.05) is 0 Å². The summed E-state index contributed by atoms with van der Waals surface area (Å²) < 4.78 is 11.3. The predicted molar refractivity (Wildman–Crippen MR) is 239 cm³/mol. The van der Waals surface area contributed by atoms with E-state index in [9.17, 15) is 5.11 Å². The van der Waals surface area contributed by atoms with Gasteiger partial charge in [-0.3, -0.25) is 4.57 Å². The first-order chi connectivity index (χ1) is 28.4. The molecule has 6 nitrogen and oxygen atoms in total. The monoisotopic (exact) mass is 752 g/mol. The van der Waals surface area contributed by atoms with Crippen LogP contribution in [0.2, 0.25) is 0 Å². The number of furan rings is 1. The summed E-state index contributed by atoms with van der Waals surface area (Å²) in [6.07, 6.45) is 0. The minimum atomic E-state index is 0.191. The number of hydrogen-bond donors (Lipinski definition) is 1. The molecule has 0 unspecified atom stereocenters. The van der Waals surface area contributed by atoms with Crippen LogP contribution in [0.1, 0.15) is 50.7 Å². The summed E-state index contributed by atoms with van der Waals surface area (Å²) in [7, 11) is 0. The van der Waals surface area contributed by atoms with Gasteiger partial charge in [0.1, 0.15) is 22.7 Å². The highest BCUT2D eigenvalue weighted by atomic mass is 16.3. The van der Waals surface area contributed by atoms with Gasteiger partial charge in [-0.1, -0.05) is 107 Å². The molecular formula is C52H40N4O2. The molecule has 58 heavy (non-hydrogen) atoms. The van der Waals surface area contributed by atoms with Gasteiger partial charge in [0.2, 0.25) is 0 Å². The van der Waals surface area contributed by atoms with E-state index >= 15 is 0 Å². The minimum Gasteiger partial charge on any atom is -0.507 e. The van der Waals surface area contributed by atoms with E-state index in [4.69, 9.17) is 14.4 Å². The third-order valence-corrected chi connectivity index (χ3v) is 11.8. The number of para-hydroxylation sites is 4. The van der Waals surface area contributed by atoms with Crippen LogP contribution in [0.5, 0.6) is 5.75 Å². The van der Waals surface area contributed by atoms with Crippen molar-refractivity contribution < 1.29 is 9.52 Å². The van der Waals surface area contributed by atoms with Crippen molar-refractivity contribution in [3.63, 3.8) is 0 Å². The number of phenolic OH excluding ortho intramolecular Hbond substituents is 1. The lowest BCUT2D eigenvalue weighted by molar-refractivity contribution is 0.478. The summed E-state index contributed by atoms with van der Waals surface area (Å²) in [4.78, 5) is 10.7. The van der Waals surface area contributed by atoms with Crippen molar-refractivity contribution >= 4 is 65.7 Å². The molecule has 0 aliphatic rings. The Bertz CT molecular complexity index is 3400. The molecule has 0 aliphatic carbocycles. The highest BCUT2D eigenvalue weighted by Crippen LogP contribution is 2.45. The van der Waals surface area contributed by atoms with Crippen molar-refractivity contribution in [3.05, 3.63) is 163 Å². The largest absolute Gasteiger partial charge is 0.507 e. The molecular weight excluding hydrogens is 713 g/mol. The zero-order chi connectivity index (χ0) is 39.2. The van der Waals surface area contributed by atoms with E-state index in [-0.39, 0.29) is 5.75 Å². The predicted octanol–water partition coefficient (Wildman–Crippen LogP) is 13.9. The maximum Gasteiger partial charge on any atom is 0.153 e. The second-order valence-corrected chi connectivity index (χ2v) is 15.9. The molecule has 0 bridgehead atoms. The zero-order valence-electron chi connectivity index (χ0n) is 32.7. The molecule has 0 saturated carbocycles. The lowest BCUT2D eigenvalue weighted by Crippen LogP contribution is -2.08. The minimum absolute atomic E-state index is 0.191. The molecule has 6 heteroatoms. The Hall–Kier alpha value is -7.18. The summed E-state index contributed by atoms with van der Waals surface area (Å²) in [6, 6.07) is 52.4. The lowest BCUT2D eigenvalue weighted by atomic mass is 9.92. The molecule has 0 spiro atoms. The first-order valence-electron chi connectivity index (χ1n) is 20.0. The van der Waals surface area contributed by atoms with Gasteiger partial charge in [-0.05, 0) is 107 Å². The number of rotatable bonds is 6. The van der Waals surface area contributed by atoms with E-state index in [1.807, 2.05) is 36.4 Å². The number of nitrogens with zero attached hydrogens (tertiary/aromatic N) is 4. The van der Waals surface area contributed by atoms with Crippen LogP contribution in [0.25, 0.3) is 99.7 Å². The number of aromatic hydroxyl groups is 1. The highest BCUT2D eigenvalue weighted by molar-refractivity contribution is 6.27. The van der Waals surface area contributed by atoms with Crippen LogP contribution in [0, 0.1) is 0 Å². The Labute approximate surface area is 335 Å². The van der Waals surface area contributed by atoms with Crippen molar-refractivity contribution in [2.45, 2.75) is 39.5 Å². The molecule has 1 N–H and O–H groups in total. The quantitative estimate of drug-likeness (QED) is 0.184. The Morgan fingerprint density at radius 2 is 1.28 bits per heavy atom. The van der Waals surface area contributed by atoms with Crippen LogP contribution in [0.3, 0.4) is 0 Å². The van der Waals surface area contributed by atoms with E-state index in [0.717, 1.165) is 77.2 Å². The van der Waals surface area contributed by atoms with Crippen LogP contribution in [-0.2, 0) is 0 Å². The maximum atomic E-state index is 11.3. The van der Waals surface area contributed by atoms with Crippen LogP contribution in [0.15, 0.2) is 156 Å². The Morgan fingerprint density at radius 1 is 0.552 bits per heavy atom. The first kappa shape index (κ1) is 34.1. The molecule has 0 radical (unpaired) electrons. The lowest BCUT2D eigenvalue weighted by Gasteiger charge is -2.22. The average Bonchev–Trinajstić information content (AvgIpc) is 3.92. The highest BCUT2D eigenvalue weighted by Gasteiger charge is 2.25. The maximum absolute atomic E-state index is 11.3. The van der Waals surface area contributed by atoms with Gasteiger partial charge in [0.05, 0.1) is 38.8 Å². The van der Waals surface area contributed by atoms with Crippen molar-refractivity contribution in [1.82, 2.24) is 19.1 Å². The van der Waals surface area contributed by atoms with E-state index in [1.165, 1.54) is 16.8 Å². The van der Waals surface area contributed by atoms with Crippen LogP contribution < -0.4 is 0 Å². The molecule has 0 atom stereocenters. The fourth-order valence-corrected chi connectivity index (χ4v) is 9.12. The summed E-state index contributed by atoms with van der Waals surface area (Å²) in [5, 5.41) is 16.3. The molecule has 11 rings (SSSR count). The zero-order valence-corrected chi connectivity index (χ0v) is 32.7. The van der Waals surface area contributed by atoms with Gasteiger partial charge in [0, 0.05) is 27.6 Å². The molecule has 4 aromatic heterocycles. The molecule has 7 aromatic carbocycles. The number of aromatic nitrogens is 4. The first-order valence-corrected chi connectivity index (χ1v) is 20.0. The van der Waals surface area contributed by atoms with E-state index in [2.05, 4.69) is 146 Å². The molecule has 0 amide bonds. The van der Waals surface area contributed by atoms with Crippen LogP contribution in [0.4, 0.5) is 0 Å². The third-order valence-electron chi connectivity index (χ3n) is 11.8. The number of imidazole rings is 1. The smallest absolute Gasteiger partial charge is 0.153 e. The van der Waals surface area contributed by atoms with Gasteiger partial charge in [0.25, 0.3) is 0 Å². The Morgan fingerprint density at radius 3 is 2.09 bits per heavy atom. The van der Waals surface area contributed by atoms with Gasteiger partial charge in [-0.2, -0.15) is 0 Å². The molecule has 280 valence electrons. The Kier molecular flexibility index (Phi) is 7.60. The van der Waals surface area contributed by atoms with Crippen molar-refractivity contribution in [2.24, 2.45) is 0 Å². The normalized spacial score (nSPS) is 12.2. The fraction of sp³-hybridized carbons (Fsp3) is 0.115. The summed E-state index contributed by atoms with van der Waals surface area (Å²) in [5.41, 5.74) is 13.6. The standard InChI is InChI=1S/C52H40N4O2/c1-30(2)35-17-12-18-36(31(3)4)51(35)56-42-20-11-10-19-39(42)54-52(56)33-21-24-41-38(29-33)48-43(55(41)34-14-6-5-7-15-34)25-28-45-49(48)50-46(58-45)27-23-40(53-50)47-37-16-9-8-13-32(37)22-26-44(47)57/h5-31,57H,1-4H3. The summed E-state index contributed by atoms with van der Waals surface area (Å²) >= 11 is 0. The van der Waals surface area contributed by atoms with Crippen molar-refractivity contribution in [1.29, 1.82) is 0 Å². The third kappa shape index (κ3) is 5.04. The summed E-state index contributed by atoms with van der Waals surface area (Å²) in [5.74, 6) is 1.71. The molecule has 0 fully saturated rings. The molecule has 11 aromatic rings. The second kappa shape index (κ2) is 12.9. The number of pyridine rings is 1. The number of benzene rings is 7. The Balaban J connectivity index is 1.25. The van der Waals surface area contributed by atoms with Gasteiger partial charge in [-0.25, -0.2) is 9.97 Å². The SMILES string of the molecule is CC(C)c1cccc(C(C)C)c1-n1c(-c2ccc3c(c2)c2c4c(ccc2n3-c2ccccc2)oc2ccc(-c3c(O)ccc5ccccc35)nc24)nc2ccccc21. The topological polar surface area (TPSA) is 69.0 Å². The number of hydrogen-bond acceptors (Lipinski definition) is 4. The van der Waals surface area contributed by atoms with E-state index in [0.29, 0.717) is 28.7 Å². The van der Waals surface area contributed by atoms with Gasteiger partial charge in [0.15, 0.2) is 5.58 Å². The second-order valence-electron chi connectivity index (χ2n) is 15.9.